The molecule has 4 heterocycles. The average Bonchev–Trinajstić information content (AvgIpc) is 3.57. The van der Waals surface area contributed by atoms with Crippen LogP contribution >= 0.6 is 23.4 Å². The predicted octanol–water partition coefficient (Wildman–Crippen LogP) is 3.95. The number of aliphatic carboxylic acids is 1. The van der Waals surface area contributed by atoms with E-state index in [1.54, 1.807) is 6.92 Å². The number of alkyl halides is 3. The quantitative estimate of drug-likeness (QED) is 0.392. The molecule has 3 N–H and O–H groups in total. The molecule has 43 heavy (non-hydrogen) atoms. The first-order valence-corrected chi connectivity index (χ1v) is 15.3. The summed E-state index contributed by atoms with van der Waals surface area (Å²) in [5.74, 6) is -0.765. The van der Waals surface area contributed by atoms with Crippen molar-refractivity contribution in [3.8, 4) is 0 Å². The van der Waals surface area contributed by atoms with E-state index in [0.717, 1.165) is 36.4 Å². The number of carboxylic acid groups (broad SMARTS) is 1. The monoisotopic (exact) mass is 639 g/mol. The predicted molar refractivity (Wildman–Crippen MR) is 159 cm³/mol. The van der Waals surface area contributed by atoms with E-state index in [2.05, 4.69) is 32.4 Å². The number of nitrogens with one attached hydrogen (secondary N) is 2. The smallest absolute Gasteiger partial charge is 0.416 e. The maximum absolute atomic E-state index is 13.6. The van der Waals surface area contributed by atoms with E-state index in [1.807, 2.05) is 9.80 Å². The zero-order valence-corrected chi connectivity index (χ0v) is 25.3. The van der Waals surface area contributed by atoms with Gasteiger partial charge in [-0.1, -0.05) is 23.4 Å². The number of piperazine rings is 1. The molecule has 3 aliphatic heterocycles. The van der Waals surface area contributed by atoms with Crippen LogP contribution in [0, 0.1) is 0 Å². The number of benzene rings is 1. The molecule has 0 aliphatic carbocycles. The number of likely N-dealkylation sites (tertiary alicyclic amines) is 1. The Morgan fingerprint density at radius 1 is 1.16 bits per heavy atom. The topological polar surface area (TPSA) is 114 Å². The first-order valence-electron chi connectivity index (χ1n) is 14.0. The Kier molecular flexibility index (Phi) is 9.40. The summed E-state index contributed by atoms with van der Waals surface area (Å²) in [6, 6.07) is 3.22. The van der Waals surface area contributed by atoms with Gasteiger partial charge in [0, 0.05) is 54.3 Å². The molecule has 0 bridgehead atoms. The first kappa shape index (κ1) is 31.4. The number of anilines is 1. The molecule has 1 aromatic heterocycles. The molecule has 5 rings (SSSR count). The lowest BCUT2D eigenvalue weighted by atomic mass is 10.1. The molecule has 2 fully saturated rings. The summed E-state index contributed by atoms with van der Waals surface area (Å²) in [5, 5.41) is 15.3. The van der Waals surface area contributed by atoms with Crippen LogP contribution < -0.4 is 15.5 Å². The largest absolute Gasteiger partial charge is 0.480 e. The molecule has 1 aromatic carbocycles. The number of amides is 1. The van der Waals surface area contributed by atoms with Gasteiger partial charge in [-0.25, -0.2) is 9.97 Å². The molecule has 0 radical (unpaired) electrons. The van der Waals surface area contributed by atoms with Gasteiger partial charge in [0.15, 0.2) is 5.50 Å². The van der Waals surface area contributed by atoms with Crippen molar-refractivity contribution in [1.82, 2.24) is 30.4 Å². The second-order valence-corrected chi connectivity index (χ2v) is 12.5. The molecule has 3 unspecified atom stereocenters. The third kappa shape index (κ3) is 7.36. The maximum Gasteiger partial charge on any atom is 0.416 e. The zero-order chi connectivity index (χ0) is 30.9. The minimum Gasteiger partial charge on any atom is -0.480 e. The second-order valence-electron chi connectivity index (χ2n) is 10.9. The van der Waals surface area contributed by atoms with E-state index in [-0.39, 0.29) is 10.7 Å². The lowest BCUT2D eigenvalue weighted by Crippen LogP contribution is -2.52. The highest BCUT2D eigenvalue weighted by atomic mass is 35.5. The molecule has 0 spiro atoms. The third-order valence-corrected chi connectivity index (χ3v) is 9.35. The zero-order valence-electron chi connectivity index (χ0n) is 23.7. The third-order valence-electron chi connectivity index (χ3n) is 8.04. The summed E-state index contributed by atoms with van der Waals surface area (Å²) in [6.45, 7) is 7.47. The highest BCUT2D eigenvalue weighted by Crippen LogP contribution is 2.39. The van der Waals surface area contributed by atoms with Crippen molar-refractivity contribution in [3.63, 3.8) is 0 Å². The Morgan fingerprint density at radius 2 is 1.91 bits per heavy atom. The van der Waals surface area contributed by atoms with Crippen LogP contribution in [-0.2, 0) is 11.0 Å². The second kappa shape index (κ2) is 12.9. The minimum absolute atomic E-state index is 0.0290. The van der Waals surface area contributed by atoms with Gasteiger partial charge in [-0.2, -0.15) is 13.2 Å². The summed E-state index contributed by atoms with van der Waals surface area (Å²) in [6.07, 6.45) is 0.420. The van der Waals surface area contributed by atoms with E-state index in [9.17, 15) is 27.9 Å². The number of nitrogens with zero attached hydrogens (tertiary/aromatic N) is 5. The lowest BCUT2D eigenvalue weighted by Gasteiger charge is -2.36. The average molecular weight is 640 g/mol. The van der Waals surface area contributed by atoms with Crippen LogP contribution in [0.4, 0.5) is 19.0 Å². The standard InChI is InChI=1S/C28H33ClF3N7O3S/c1-16-4-3-5-39(16)15-22-24(18-10-19(28(30,31)32)12-20(29)11-18)35-27(43-22)36-25(40)21-13-34-23(14-33-21)38-8-6-37(7-9-38)17(2)26(41)42/h10-14,16-17,27,35H,3-9,15H2,1-2H3,(H,36,40)(H,41,42). The van der Waals surface area contributed by atoms with Crippen LogP contribution in [0.1, 0.15) is 48.3 Å². The number of carbonyl (C=O) groups is 2. The van der Waals surface area contributed by atoms with Crippen LogP contribution in [0.3, 0.4) is 0 Å². The Morgan fingerprint density at radius 3 is 2.51 bits per heavy atom. The summed E-state index contributed by atoms with van der Waals surface area (Å²) >= 11 is 7.44. The van der Waals surface area contributed by atoms with Gasteiger partial charge in [0.05, 0.1) is 23.7 Å². The SMILES string of the molecule is CC1CCCN1CC1=C(c2cc(Cl)cc(C(F)(F)F)c2)NC(NC(=O)c2cnc(N3CCN(C(C)C(=O)O)CC3)cn2)S1. The Bertz CT molecular complexity index is 1390. The van der Waals surface area contributed by atoms with Crippen LogP contribution in [0.5, 0.6) is 0 Å². The van der Waals surface area contributed by atoms with E-state index in [4.69, 9.17) is 11.6 Å². The fraction of sp³-hybridized carbons (Fsp3) is 0.500. The van der Waals surface area contributed by atoms with Crippen LogP contribution in [0.2, 0.25) is 5.02 Å². The normalized spacial score (nSPS) is 22.5. The maximum atomic E-state index is 13.6. The van der Waals surface area contributed by atoms with Gasteiger partial charge in [0.2, 0.25) is 0 Å². The van der Waals surface area contributed by atoms with E-state index in [0.29, 0.717) is 55.8 Å². The van der Waals surface area contributed by atoms with Gasteiger partial charge in [-0.15, -0.1) is 0 Å². The lowest BCUT2D eigenvalue weighted by molar-refractivity contribution is -0.142. The Labute approximate surface area is 256 Å². The van der Waals surface area contributed by atoms with Gasteiger partial charge in [0.1, 0.15) is 17.6 Å². The number of thioether (sulfide) groups is 1. The van der Waals surface area contributed by atoms with Crippen molar-refractivity contribution >= 4 is 46.8 Å². The molecule has 3 atom stereocenters. The molecule has 232 valence electrons. The van der Waals surface area contributed by atoms with Crippen LogP contribution in [0.15, 0.2) is 35.5 Å². The van der Waals surface area contributed by atoms with Gasteiger partial charge < -0.3 is 20.6 Å². The summed E-state index contributed by atoms with van der Waals surface area (Å²) < 4.78 is 40.7. The number of halogens is 4. The number of rotatable bonds is 8. The number of hydrogen-bond acceptors (Lipinski definition) is 9. The summed E-state index contributed by atoms with van der Waals surface area (Å²) in [5.41, 5.74) is -0.596. The number of carboxylic acids is 1. The molecular formula is C28H33ClF3N7O3S. The van der Waals surface area contributed by atoms with E-state index in [1.165, 1.54) is 30.2 Å². The molecule has 1 amide bonds. The fourth-order valence-corrected chi connectivity index (χ4v) is 6.86. The Balaban J connectivity index is 1.27. The van der Waals surface area contributed by atoms with E-state index < -0.39 is 35.2 Å². The van der Waals surface area contributed by atoms with Gasteiger partial charge in [-0.3, -0.25) is 19.4 Å². The molecular weight excluding hydrogens is 607 g/mol. The van der Waals surface area contributed by atoms with Gasteiger partial charge in [0.25, 0.3) is 5.91 Å². The Hall–Kier alpha value is -3.07. The van der Waals surface area contributed by atoms with E-state index >= 15 is 0 Å². The van der Waals surface area contributed by atoms with Gasteiger partial charge in [-0.05, 0) is 51.4 Å². The summed E-state index contributed by atoms with van der Waals surface area (Å²) in [4.78, 5) is 40.0. The number of hydrogen-bond donors (Lipinski definition) is 3. The fourth-order valence-electron chi connectivity index (χ4n) is 5.47. The van der Waals surface area contributed by atoms with Crippen molar-refractivity contribution in [1.29, 1.82) is 0 Å². The summed E-state index contributed by atoms with van der Waals surface area (Å²) in [7, 11) is 0. The first-order chi connectivity index (χ1) is 20.4. The van der Waals surface area contributed by atoms with Crippen LogP contribution in [0.25, 0.3) is 5.70 Å². The van der Waals surface area contributed by atoms with Crippen molar-refractivity contribution < 1.29 is 27.9 Å². The van der Waals surface area contributed by atoms with Crippen molar-refractivity contribution in [3.05, 3.63) is 57.3 Å². The minimum atomic E-state index is -4.56. The highest BCUT2D eigenvalue weighted by Gasteiger charge is 2.34. The molecule has 2 saturated heterocycles. The molecule has 2 aromatic rings. The van der Waals surface area contributed by atoms with Crippen molar-refractivity contribution in [2.24, 2.45) is 0 Å². The van der Waals surface area contributed by atoms with Crippen molar-refractivity contribution in [2.45, 2.75) is 50.4 Å². The molecule has 0 saturated carbocycles. The molecule has 3 aliphatic rings. The van der Waals surface area contributed by atoms with Gasteiger partial charge >= 0.3 is 12.1 Å². The molecule has 10 nitrogen and oxygen atoms in total. The molecule has 15 heteroatoms. The number of aromatic nitrogens is 2. The van der Waals surface area contributed by atoms with Crippen LogP contribution in [-0.4, -0.2) is 93.6 Å². The van der Waals surface area contributed by atoms with Crippen molar-refractivity contribution in [2.75, 3.05) is 44.2 Å². The highest BCUT2D eigenvalue weighted by molar-refractivity contribution is 8.04. The number of carbonyl (C=O) groups excluding carboxylic acids is 1.